The van der Waals surface area contributed by atoms with E-state index in [1.54, 1.807) is 13.2 Å². The molecular weight excluding hydrogens is 316 g/mol. The van der Waals surface area contributed by atoms with Crippen LogP contribution >= 0.6 is 23.4 Å². The Hall–Kier alpha value is -2.06. The molecule has 110 valence electrons. The quantitative estimate of drug-likeness (QED) is 0.588. The van der Waals surface area contributed by atoms with E-state index in [2.05, 4.69) is 20.3 Å². The highest BCUT2D eigenvalue weighted by molar-refractivity contribution is 7.98. The molecule has 0 radical (unpaired) electrons. The highest BCUT2D eigenvalue weighted by atomic mass is 35.5. The Labute approximate surface area is 129 Å². The number of hydrogen-bond acceptors (Lipinski definition) is 5. The lowest BCUT2D eigenvalue weighted by Crippen LogP contribution is -2.16. The van der Waals surface area contributed by atoms with Gasteiger partial charge < -0.3 is 15.4 Å². The van der Waals surface area contributed by atoms with Gasteiger partial charge in [-0.2, -0.15) is 0 Å². The molecule has 2 rings (SSSR count). The number of thioether (sulfide) groups is 1. The second-order valence-electron chi connectivity index (χ2n) is 4.01. The van der Waals surface area contributed by atoms with Crippen LogP contribution < -0.4 is 5.32 Å². The van der Waals surface area contributed by atoms with E-state index >= 15 is 0 Å². The molecule has 2 aromatic rings. The van der Waals surface area contributed by atoms with Crippen LogP contribution in [0.15, 0.2) is 17.6 Å². The van der Waals surface area contributed by atoms with Gasteiger partial charge in [-0.25, -0.2) is 14.8 Å². The van der Waals surface area contributed by atoms with Crippen molar-refractivity contribution < 1.29 is 14.7 Å². The molecule has 9 heteroatoms. The lowest BCUT2D eigenvalue weighted by Gasteiger charge is -2.06. The highest BCUT2D eigenvalue weighted by Crippen LogP contribution is 2.22. The molecule has 21 heavy (non-hydrogen) atoms. The summed E-state index contributed by atoms with van der Waals surface area (Å²) in [7, 11) is 0. The van der Waals surface area contributed by atoms with E-state index in [-0.39, 0.29) is 22.0 Å². The zero-order valence-electron chi connectivity index (χ0n) is 11.1. The molecule has 0 unspecified atom stereocenters. The molecule has 1 amide bonds. The molecular formula is C12H11ClN4O3S. The van der Waals surface area contributed by atoms with E-state index in [4.69, 9.17) is 16.7 Å². The van der Waals surface area contributed by atoms with Gasteiger partial charge in [0.25, 0.3) is 5.91 Å². The molecule has 2 heterocycles. The number of nitrogens with one attached hydrogen (secondary N) is 2. The Morgan fingerprint density at radius 3 is 2.81 bits per heavy atom. The van der Waals surface area contributed by atoms with E-state index in [0.717, 1.165) is 0 Å². The van der Waals surface area contributed by atoms with Crippen LogP contribution in [0.2, 0.25) is 5.02 Å². The van der Waals surface area contributed by atoms with Crippen molar-refractivity contribution in [2.75, 3.05) is 11.6 Å². The van der Waals surface area contributed by atoms with Crippen molar-refractivity contribution in [3.8, 4) is 0 Å². The SMILES string of the molecule is CSc1ncc(Cl)c(C(=O)Nc2c[nH]c(C)c2C(=O)O)n1. The molecule has 0 spiro atoms. The predicted molar refractivity (Wildman–Crippen MR) is 79.3 cm³/mol. The number of halogens is 1. The summed E-state index contributed by atoms with van der Waals surface area (Å²) in [5.74, 6) is -1.73. The maximum atomic E-state index is 12.2. The van der Waals surface area contributed by atoms with Gasteiger partial charge in [-0.05, 0) is 13.2 Å². The third kappa shape index (κ3) is 3.17. The first kappa shape index (κ1) is 15.3. The Morgan fingerprint density at radius 2 is 2.19 bits per heavy atom. The molecule has 0 saturated heterocycles. The number of rotatable bonds is 4. The minimum Gasteiger partial charge on any atom is -0.478 e. The summed E-state index contributed by atoms with van der Waals surface area (Å²) in [4.78, 5) is 34.0. The highest BCUT2D eigenvalue weighted by Gasteiger charge is 2.20. The molecule has 0 aliphatic carbocycles. The minimum absolute atomic E-state index is 0.00128. The molecule has 0 fully saturated rings. The van der Waals surface area contributed by atoms with E-state index in [0.29, 0.717) is 10.9 Å². The number of aromatic nitrogens is 3. The second kappa shape index (κ2) is 6.15. The Morgan fingerprint density at radius 1 is 1.48 bits per heavy atom. The third-order valence-corrected chi connectivity index (χ3v) is 3.50. The number of carbonyl (C=O) groups excluding carboxylic acids is 1. The molecule has 0 aliphatic rings. The molecule has 7 nitrogen and oxygen atoms in total. The van der Waals surface area contributed by atoms with Crippen LogP contribution in [0.25, 0.3) is 0 Å². The van der Waals surface area contributed by atoms with Gasteiger partial charge in [-0.3, -0.25) is 4.79 Å². The minimum atomic E-state index is -1.14. The number of amides is 1. The zero-order chi connectivity index (χ0) is 15.6. The normalized spacial score (nSPS) is 10.4. The van der Waals surface area contributed by atoms with E-state index < -0.39 is 11.9 Å². The summed E-state index contributed by atoms with van der Waals surface area (Å²) in [6.07, 6.45) is 4.50. The summed E-state index contributed by atoms with van der Waals surface area (Å²) in [5.41, 5.74) is 0.589. The van der Waals surface area contributed by atoms with Gasteiger partial charge in [-0.1, -0.05) is 23.4 Å². The predicted octanol–water partition coefficient (Wildman–Crippen LogP) is 2.44. The van der Waals surface area contributed by atoms with E-state index in [1.165, 1.54) is 24.2 Å². The lowest BCUT2D eigenvalue weighted by atomic mass is 10.2. The van der Waals surface area contributed by atoms with Crippen molar-refractivity contribution in [3.63, 3.8) is 0 Å². The Kier molecular flexibility index (Phi) is 4.49. The molecule has 0 atom stereocenters. The molecule has 2 aromatic heterocycles. The maximum Gasteiger partial charge on any atom is 0.339 e. The lowest BCUT2D eigenvalue weighted by molar-refractivity contribution is 0.0697. The van der Waals surface area contributed by atoms with Crippen LogP contribution in [-0.2, 0) is 0 Å². The number of carboxylic acids is 1. The summed E-state index contributed by atoms with van der Waals surface area (Å²) >= 11 is 7.17. The number of hydrogen-bond donors (Lipinski definition) is 3. The monoisotopic (exact) mass is 326 g/mol. The third-order valence-electron chi connectivity index (χ3n) is 2.66. The number of anilines is 1. The topological polar surface area (TPSA) is 108 Å². The van der Waals surface area contributed by atoms with Gasteiger partial charge in [0.15, 0.2) is 10.9 Å². The van der Waals surface area contributed by atoms with Crippen molar-refractivity contribution in [1.82, 2.24) is 15.0 Å². The summed E-state index contributed by atoms with van der Waals surface area (Å²) in [5, 5.41) is 12.1. The molecule has 0 saturated carbocycles. The smallest absolute Gasteiger partial charge is 0.339 e. The van der Waals surface area contributed by atoms with Crippen molar-refractivity contribution in [1.29, 1.82) is 0 Å². The maximum absolute atomic E-state index is 12.2. The number of nitrogens with zero attached hydrogens (tertiary/aromatic N) is 2. The molecule has 0 aliphatic heterocycles. The molecule has 0 bridgehead atoms. The standard InChI is InChI=1S/C12H11ClN4O3S/c1-5-8(11(19)20)7(4-14-5)16-10(18)9-6(13)3-15-12(17-9)21-2/h3-4,14H,1-2H3,(H,16,18)(H,19,20). The first-order chi connectivity index (χ1) is 9.93. The van der Waals surface area contributed by atoms with Gasteiger partial charge in [0.1, 0.15) is 5.56 Å². The average Bonchev–Trinajstić information content (AvgIpc) is 2.80. The zero-order valence-corrected chi connectivity index (χ0v) is 12.7. The van der Waals surface area contributed by atoms with Crippen LogP contribution in [0.5, 0.6) is 0 Å². The summed E-state index contributed by atoms with van der Waals surface area (Å²) < 4.78 is 0. The number of aromatic amines is 1. The summed E-state index contributed by atoms with van der Waals surface area (Å²) in [6, 6.07) is 0. The molecule has 3 N–H and O–H groups in total. The fraction of sp³-hybridized carbons (Fsp3) is 0.167. The van der Waals surface area contributed by atoms with E-state index in [9.17, 15) is 9.59 Å². The van der Waals surface area contributed by atoms with E-state index in [1.807, 2.05) is 0 Å². The fourth-order valence-corrected chi connectivity index (χ4v) is 2.21. The average molecular weight is 327 g/mol. The van der Waals surface area contributed by atoms with Crippen LogP contribution in [-0.4, -0.2) is 38.2 Å². The number of carbonyl (C=O) groups is 2. The van der Waals surface area contributed by atoms with Crippen molar-refractivity contribution in [2.24, 2.45) is 0 Å². The summed E-state index contributed by atoms with van der Waals surface area (Å²) in [6.45, 7) is 1.60. The fourth-order valence-electron chi connectivity index (χ4n) is 1.69. The first-order valence-corrected chi connectivity index (χ1v) is 7.33. The number of H-pyrrole nitrogens is 1. The van der Waals surface area contributed by atoms with Gasteiger partial charge in [0.2, 0.25) is 0 Å². The number of aromatic carboxylic acids is 1. The number of aryl methyl sites for hydroxylation is 1. The first-order valence-electron chi connectivity index (χ1n) is 5.73. The Bertz CT molecular complexity index is 717. The van der Waals surface area contributed by atoms with Crippen LogP contribution in [0.4, 0.5) is 5.69 Å². The van der Waals surface area contributed by atoms with Crippen LogP contribution in [0.1, 0.15) is 26.5 Å². The number of carboxylic acid groups (broad SMARTS) is 1. The Balaban J connectivity index is 2.33. The second-order valence-corrected chi connectivity index (χ2v) is 5.20. The van der Waals surface area contributed by atoms with Crippen molar-refractivity contribution in [2.45, 2.75) is 12.1 Å². The van der Waals surface area contributed by atoms with Crippen LogP contribution in [0, 0.1) is 6.92 Å². The van der Waals surface area contributed by atoms with Gasteiger partial charge in [0.05, 0.1) is 16.9 Å². The molecule has 0 aromatic carbocycles. The van der Waals surface area contributed by atoms with Crippen LogP contribution in [0.3, 0.4) is 0 Å². The van der Waals surface area contributed by atoms with Crippen molar-refractivity contribution in [3.05, 3.63) is 34.4 Å². The van der Waals surface area contributed by atoms with Gasteiger partial charge in [0, 0.05) is 11.9 Å². The van der Waals surface area contributed by atoms with Gasteiger partial charge in [-0.15, -0.1) is 0 Å². The largest absolute Gasteiger partial charge is 0.478 e. The van der Waals surface area contributed by atoms with Gasteiger partial charge >= 0.3 is 5.97 Å². The van der Waals surface area contributed by atoms with Crippen molar-refractivity contribution >= 4 is 40.9 Å².